The molecule has 0 radical (unpaired) electrons. The van der Waals surface area contributed by atoms with Gasteiger partial charge in [0.2, 0.25) is 0 Å². The van der Waals surface area contributed by atoms with Crippen LogP contribution in [0.5, 0.6) is 5.75 Å². The molecule has 2 aromatic rings. The van der Waals surface area contributed by atoms with Gasteiger partial charge >= 0.3 is 0 Å². The number of aromatic amines is 1. The summed E-state index contributed by atoms with van der Waals surface area (Å²) in [4.78, 5) is 4.06. The summed E-state index contributed by atoms with van der Waals surface area (Å²) >= 11 is 0. The molecule has 1 aromatic carbocycles. The number of benzene rings is 1. The molecule has 1 unspecified atom stereocenters. The number of H-pyrrole nitrogens is 1. The highest BCUT2D eigenvalue weighted by Gasteiger charge is 2.13. The summed E-state index contributed by atoms with van der Waals surface area (Å²) in [6.07, 6.45) is 2.23. The average Bonchev–Trinajstić information content (AvgIpc) is 2.94. The molecule has 4 N–H and O–H groups in total. The molecule has 0 saturated carbocycles. The average molecular weight is 279 g/mol. The highest BCUT2D eigenvalue weighted by Crippen LogP contribution is 2.30. The van der Waals surface area contributed by atoms with Crippen LogP contribution < -0.4 is 15.8 Å². The SMILES string of the molecule is CCCOc1cc(NC(C)c2ncn[nH]2)c(N)cc1F. The number of nitrogens with two attached hydrogens (primary N) is 1. The summed E-state index contributed by atoms with van der Waals surface area (Å²) in [5, 5.41) is 9.71. The number of nitrogens with one attached hydrogen (secondary N) is 2. The molecular formula is C13H18FN5O. The van der Waals surface area contributed by atoms with Gasteiger partial charge in [0.15, 0.2) is 11.6 Å². The van der Waals surface area contributed by atoms with Crippen molar-refractivity contribution in [3.63, 3.8) is 0 Å². The molecule has 0 aliphatic carbocycles. The monoisotopic (exact) mass is 279 g/mol. The Morgan fingerprint density at radius 3 is 2.95 bits per heavy atom. The Kier molecular flexibility index (Phi) is 4.39. The lowest BCUT2D eigenvalue weighted by Gasteiger charge is -2.16. The standard InChI is InChI=1S/C13H18FN5O/c1-3-4-20-12-6-11(10(15)5-9(12)14)18-8(2)13-16-7-17-19-13/h5-8,18H,3-4,15H2,1-2H3,(H,16,17,19). The normalized spacial score (nSPS) is 12.2. The van der Waals surface area contributed by atoms with Gasteiger partial charge in [0.25, 0.3) is 0 Å². The van der Waals surface area contributed by atoms with Crippen molar-refractivity contribution in [1.29, 1.82) is 0 Å². The molecule has 20 heavy (non-hydrogen) atoms. The van der Waals surface area contributed by atoms with Gasteiger partial charge in [0.1, 0.15) is 12.2 Å². The number of halogens is 1. The lowest BCUT2D eigenvalue weighted by atomic mass is 10.2. The van der Waals surface area contributed by atoms with E-state index in [0.29, 0.717) is 23.8 Å². The van der Waals surface area contributed by atoms with Crippen molar-refractivity contribution in [3.05, 3.63) is 30.1 Å². The largest absolute Gasteiger partial charge is 0.490 e. The Morgan fingerprint density at radius 1 is 1.50 bits per heavy atom. The Balaban J connectivity index is 2.18. The molecule has 2 rings (SSSR count). The minimum absolute atomic E-state index is 0.135. The second kappa shape index (κ2) is 6.23. The number of ether oxygens (including phenoxy) is 1. The first-order chi connectivity index (χ1) is 9.61. The number of aromatic nitrogens is 3. The Bertz CT molecular complexity index is 558. The van der Waals surface area contributed by atoms with E-state index in [9.17, 15) is 4.39 Å². The molecule has 0 amide bonds. The Labute approximate surface area is 116 Å². The van der Waals surface area contributed by atoms with Gasteiger partial charge in [0, 0.05) is 12.1 Å². The van der Waals surface area contributed by atoms with Gasteiger partial charge in [-0.2, -0.15) is 5.10 Å². The molecule has 0 aliphatic rings. The van der Waals surface area contributed by atoms with Crippen LogP contribution >= 0.6 is 0 Å². The van der Waals surface area contributed by atoms with E-state index in [1.54, 1.807) is 6.07 Å². The van der Waals surface area contributed by atoms with Gasteiger partial charge in [-0.1, -0.05) is 6.92 Å². The molecule has 1 aromatic heterocycles. The summed E-state index contributed by atoms with van der Waals surface area (Å²) < 4.78 is 19.1. The Hall–Kier alpha value is -2.31. The molecule has 0 spiro atoms. The van der Waals surface area contributed by atoms with E-state index >= 15 is 0 Å². The zero-order valence-corrected chi connectivity index (χ0v) is 11.5. The van der Waals surface area contributed by atoms with E-state index in [-0.39, 0.29) is 11.8 Å². The smallest absolute Gasteiger partial charge is 0.167 e. The Morgan fingerprint density at radius 2 is 2.30 bits per heavy atom. The zero-order chi connectivity index (χ0) is 14.5. The van der Waals surface area contributed by atoms with Gasteiger partial charge in [-0.25, -0.2) is 9.37 Å². The van der Waals surface area contributed by atoms with Crippen LogP contribution in [0.3, 0.4) is 0 Å². The number of nitrogen functional groups attached to an aromatic ring is 1. The van der Waals surface area contributed by atoms with Crippen LogP contribution in [0.2, 0.25) is 0 Å². The third-order valence-electron chi connectivity index (χ3n) is 2.78. The molecule has 1 heterocycles. The molecule has 1 atom stereocenters. The van der Waals surface area contributed by atoms with Crippen molar-refractivity contribution in [2.24, 2.45) is 0 Å². The zero-order valence-electron chi connectivity index (χ0n) is 11.5. The maximum absolute atomic E-state index is 13.7. The molecule has 108 valence electrons. The highest BCUT2D eigenvalue weighted by molar-refractivity contribution is 5.69. The second-order valence-electron chi connectivity index (χ2n) is 4.46. The fraction of sp³-hybridized carbons (Fsp3) is 0.385. The number of hydrogen-bond donors (Lipinski definition) is 3. The second-order valence-corrected chi connectivity index (χ2v) is 4.46. The van der Waals surface area contributed by atoms with Crippen molar-refractivity contribution in [2.75, 3.05) is 17.7 Å². The predicted molar refractivity (Wildman–Crippen MR) is 75.0 cm³/mol. The van der Waals surface area contributed by atoms with E-state index in [1.165, 1.54) is 12.4 Å². The first-order valence-corrected chi connectivity index (χ1v) is 6.45. The predicted octanol–water partition coefficient (Wildman–Crippen LogP) is 2.49. The van der Waals surface area contributed by atoms with Gasteiger partial charge in [-0.15, -0.1) is 0 Å². The summed E-state index contributed by atoms with van der Waals surface area (Å²) in [6.45, 7) is 4.31. The van der Waals surface area contributed by atoms with Gasteiger partial charge in [0.05, 0.1) is 24.0 Å². The number of anilines is 2. The van der Waals surface area contributed by atoms with E-state index in [0.717, 1.165) is 6.42 Å². The minimum atomic E-state index is -0.464. The summed E-state index contributed by atoms with van der Waals surface area (Å²) in [5.41, 5.74) is 6.73. The fourth-order valence-corrected chi connectivity index (χ4v) is 1.74. The summed E-state index contributed by atoms with van der Waals surface area (Å²) in [7, 11) is 0. The van der Waals surface area contributed by atoms with E-state index in [2.05, 4.69) is 20.5 Å². The van der Waals surface area contributed by atoms with Crippen molar-refractivity contribution in [2.45, 2.75) is 26.3 Å². The van der Waals surface area contributed by atoms with Crippen molar-refractivity contribution >= 4 is 11.4 Å². The molecule has 0 bridgehead atoms. The van der Waals surface area contributed by atoms with Crippen molar-refractivity contribution in [3.8, 4) is 5.75 Å². The van der Waals surface area contributed by atoms with Gasteiger partial charge in [-0.05, 0) is 13.3 Å². The van der Waals surface area contributed by atoms with Gasteiger partial charge < -0.3 is 15.8 Å². The molecule has 7 heteroatoms. The summed E-state index contributed by atoms with van der Waals surface area (Å²) in [6, 6.07) is 2.68. The van der Waals surface area contributed by atoms with Crippen LogP contribution in [-0.2, 0) is 0 Å². The quantitative estimate of drug-likeness (QED) is 0.707. The number of rotatable bonds is 6. The highest BCUT2D eigenvalue weighted by atomic mass is 19.1. The van der Waals surface area contributed by atoms with Crippen LogP contribution in [0.15, 0.2) is 18.5 Å². The molecular weight excluding hydrogens is 261 g/mol. The first kappa shape index (κ1) is 14.1. The number of nitrogens with zero attached hydrogens (tertiary/aromatic N) is 2. The molecule has 0 aliphatic heterocycles. The lowest BCUT2D eigenvalue weighted by molar-refractivity contribution is 0.301. The fourth-order valence-electron chi connectivity index (χ4n) is 1.74. The van der Waals surface area contributed by atoms with Crippen LogP contribution in [0.1, 0.15) is 32.1 Å². The summed E-state index contributed by atoms with van der Waals surface area (Å²) in [5.74, 6) is 0.395. The molecule has 0 saturated heterocycles. The maximum Gasteiger partial charge on any atom is 0.167 e. The van der Waals surface area contributed by atoms with Gasteiger partial charge in [-0.3, -0.25) is 5.10 Å². The lowest BCUT2D eigenvalue weighted by Crippen LogP contribution is -2.11. The van der Waals surface area contributed by atoms with E-state index in [1.807, 2.05) is 13.8 Å². The number of hydrogen-bond acceptors (Lipinski definition) is 5. The van der Waals surface area contributed by atoms with Crippen LogP contribution in [-0.4, -0.2) is 21.8 Å². The van der Waals surface area contributed by atoms with Crippen LogP contribution in [0.25, 0.3) is 0 Å². The van der Waals surface area contributed by atoms with Crippen molar-refractivity contribution < 1.29 is 9.13 Å². The topological polar surface area (TPSA) is 88.8 Å². The molecule has 6 nitrogen and oxygen atoms in total. The van der Waals surface area contributed by atoms with Crippen LogP contribution in [0, 0.1) is 5.82 Å². The maximum atomic E-state index is 13.7. The van der Waals surface area contributed by atoms with Crippen LogP contribution in [0.4, 0.5) is 15.8 Å². The van der Waals surface area contributed by atoms with E-state index in [4.69, 9.17) is 10.5 Å². The molecule has 0 fully saturated rings. The van der Waals surface area contributed by atoms with E-state index < -0.39 is 5.82 Å². The third-order valence-corrected chi connectivity index (χ3v) is 2.78. The van der Waals surface area contributed by atoms with Crippen molar-refractivity contribution in [1.82, 2.24) is 15.2 Å². The minimum Gasteiger partial charge on any atom is -0.490 e. The first-order valence-electron chi connectivity index (χ1n) is 6.45. The third kappa shape index (κ3) is 3.17.